The number of aromatic nitrogens is 2. The SMILES string of the molecule is O=C(Nc1ccc(Cl)cc1)n1ccnc1Cc1cccc2ccccc12. The molecule has 4 rings (SSSR count). The second-order valence-electron chi connectivity index (χ2n) is 5.97. The second kappa shape index (κ2) is 7.02. The van der Waals surface area contributed by atoms with Gasteiger partial charge < -0.3 is 5.32 Å². The van der Waals surface area contributed by atoms with E-state index in [-0.39, 0.29) is 6.03 Å². The Balaban J connectivity index is 1.60. The number of hydrogen-bond acceptors (Lipinski definition) is 2. The number of carbonyl (C=O) groups excluding carboxylic acids is 1. The zero-order valence-corrected chi connectivity index (χ0v) is 14.6. The van der Waals surface area contributed by atoms with Crippen LogP contribution in [0.3, 0.4) is 0 Å². The van der Waals surface area contributed by atoms with Crippen LogP contribution in [0, 0.1) is 0 Å². The van der Waals surface area contributed by atoms with E-state index in [0.717, 1.165) is 5.56 Å². The standard InChI is InChI=1S/C21H16ClN3O/c22-17-8-10-18(11-9-17)24-21(26)25-13-12-23-20(25)14-16-6-3-5-15-4-1-2-7-19(15)16/h1-13H,14H2,(H,24,26). The monoisotopic (exact) mass is 361 g/mol. The fraction of sp³-hybridized carbons (Fsp3) is 0.0476. The zero-order valence-electron chi connectivity index (χ0n) is 13.9. The summed E-state index contributed by atoms with van der Waals surface area (Å²) in [7, 11) is 0. The fourth-order valence-corrected chi connectivity index (χ4v) is 3.11. The average Bonchev–Trinajstić information content (AvgIpc) is 3.12. The molecule has 4 aromatic rings. The molecular formula is C21H16ClN3O. The van der Waals surface area contributed by atoms with Crippen molar-refractivity contribution in [2.45, 2.75) is 6.42 Å². The first-order chi connectivity index (χ1) is 12.7. The van der Waals surface area contributed by atoms with Crippen molar-refractivity contribution >= 4 is 34.1 Å². The van der Waals surface area contributed by atoms with E-state index in [9.17, 15) is 4.79 Å². The molecule has 5 heteroatoms. The van der Waals surface area contributed by atoms with Gasteiger partial charge in [-0.3, -0.25) is 4.57 Å². The van der Waals surface area contributed by atoms with Crippen LogP contribution in [0.5, 0.6) is 0 Å². The molecule has 26 heavy (non-hydrogen) atoms. The molecule has 0 unspecified atom stereocenters. The summed E-state index contributed by atoms with van der Waals surface area (Å²) in [6, 6.07) is 21.1. The van der Waals surface area contributed by atoms with Crippen molar-refractivity contribution in [1.82, 2.24) is 9.55 Å². The maximum absolute atomic E-state index is 12.6. The molecular weight excluding hydrogens is 346 g/mol. The number of benzene rings is 3. The van der Waals surface area contributed by atoms with Gasteiger partial charge in [0.1, 0.15) is 5.82 Å². The molecule has 0 atom stereocenters. The summed E-state index contributed by atoms with van der Waals surface area (Å²) < 4.78 is 1.54. The summed E-state index contributed by atoms with van der Waals surface area (Å²) in [6.45, 7) is 0. The van der Waals surface area contributed by atoms with E-state index >= 15 is 0 Å². The highest BCUT2D eigenvalue weighted by Crippen LogP contribution is 2.21. The number of nitrogens with one attached hydrogen (secondary N) is 1. The number of amides is 1. The van der Waals surface area contributed by atoms with E-state index in [0.29, 0.717) is 23.0 Å². The normalized spacial score (nSPS) is 10.8. The van der Waals surface area contributed by atoms with Crippen molar-refractivity contribution in [3.05, 3.63) is 95.5 Å². The summed E-state index contributed by atoms with van der Waals surface area (Å²) in [5.74, 6) is 0.688. The lowest BCUT2D eigenvalue weighted by molar-refractivity contribution is 0.253. The van der Waals surface area contributed by atoms with Crippen molar-refractivity contribution in [3.8, 4) is 0 Å². The van der Waals surface area contributed by atoms with Crippen molar-refractivity contribution in [2.24, 2.45) is 0 Å². The molecule has 0 spiro atoms. The number of rotatable bonds is 3. The van der Waals surface area contributed by atoms with E-state index in [1.54, 1.807) is 36.7 Å². The average molecular weight is 362 g/mol. The van der Waals surface area contributed by atoms with Crippen molar-refractivity contribution in [1.29, 1.82) is 0 Å². The van der Waals surface area contributed by atoms with Gasteiger partial charge in [-0.05, 0) is 40.6 Å². The number of anilines is 1. The Morgan fingerprint density at radius 1 is 1.00 bits per heavy atom. The van der Waals surface area contributed by atoms with Crippen LogP contribution < -0.4 is 5.32 Å². The third-order valence-electron chi connectivity index (χ3n) is 4.26. The van der Waals surface area contributed by atoms with Crippen LogP contribution in [-0.2, 0) is 6.42 Å². The summed E-state index contributed by atoms with van der Waals surface area (Å²) >= 11 is 5.88. The third kappa shape index (κ3) is 3.32. The lowest BCUT2D eigenvalue weighted by Gasteiger charge is -2.10. The summed E-state index contributed by atoms with van der Waals surface area (Å²) in [4.78, 5) is 17.0. The number of halogens is 1. The number of hydrogen-bond donors (Lipinski definition) is 1. The first-order valence-corrected chi connectivity index (χ1v) is 8.64. The number of carbonyl (C=O) groups is 1. The molecule has 0 aliphatic carbocycles. The van der Waals surface area contributed by atoms with E-state index < -0.39 is 0 Å². The Bertz CT molecular complexity index is 1060. The van der Waals surface area contributed by atoms with Gasteiger partial charge in [0.2, 0.25) is 0 Å². The van der Waals surface area contributed by atoms with Gasteiger partial charge in [0.25, 0.3) is 0 Å². The van der Waals surface area contributed by atoms with Crippen LogP contribution in [0.1, 0.15) is 11.4 Å². The second-order valence-corrected chi connectivity index (χ2v) is 6.40. The quantitative estimate of drug-likeness (QED) is 0.534. The molecule has 4 nitrogen and oxygen atoms in total. The number of nitrogens with zero attached hydrogens (tertiary/aromatic N) is 2. The molecule has 1 N–H and O–H groups in total. The maximum Gasteiger partial charge on any atom is 0.331 e. The highest BCUT2D eigenvalue weighted by atomic mass is 35.5. The first kappa shape index (κ1) is 16.4. The van der Waals surface area contributed by atoms with Crippen LogP contribution in [-0.4, -0.2) is 15.6 Å². The molecule has 128 valence electrons. The van der Waals surface area contributed by atoms with Gasteiger partial charge in [-0.15, -0.1) is 0 Å². The predicted molar refractivity (Wildman–Crippen MR) is 105 cm³/mol. The maximum atomic E-state index is 12.6. The van der Waals surface area contributed by atoms with E-state index in [4.69, 9.17) is 11.6 Å². The van der Waals surface area contributed by atoms with Crippen LogP contribution >= 0.6 is 11.6 Å². The van der Waals surface area contributed by atoms with Crippen molar-refractivity contribution in [2.75, 3.05) is 5.32 Å². The minimum absolute atomic E-state index is 0.250. The van der Waals surface area contributed by atoms with Crippen LogP contribution in [0.2, 0.25) is 5.02 Å². The summed E-state index contributed by atoms with van der Waals surface area (Å²) in [5.41, 5.74) is 1.82. The summed E-state index contributed by atoms with van der Waals surface area (Å²) in [5, 5.41) is 5.83. The highest BCUT2D eigenvalue weighted by molar-refractivity contribution is 6.30. The third-order valence-corrected chi connectivity index (χ3v) is 4.51. The van der Waals surface area contributed by atoms with Gasteiger partial charge in [0.05, 0.1) is 0 Å². The largest absolute Gasteiger partial charge is 0.331 e. The van der Waals surface area contributed by atoms with Crippen LogP contribution in [0.15, 0.2) is 79.1 Å². The van der Waals surface area contributed by atoms with E-state index in [2.05, 4.69) is 34.6 Å². The van der Waals surface area contributed by atoms with Gasteiger partial charge in [-0.25, -0.2) is 9.78 Å². The van der Waals surface area contributed by atoms with E-state index in [1.807, 2.05) is 18.2 Å². The van der Waals surface area contributed by atoms with Gasteiger partial charge in [0, 0.05) is 29.5 Å². The molecule has 0 aliphatic rings. The molecule has 0 radical (unpaired) electrons. The Morgan fingerprint density at radius 2 is 1.77 bits per heavy atom. The smallest absolute Gasteiger partial charge is 0.307 e. The predicted octanol–water partition coefficient (Wildman–Crippen LogP) is 5.36. The zero-order chi connectivity index (χ0) is 17.9. The molecule has 1 amide bonds. The molecule has 0 saturated carbocycles. The molecule has 3 aromatic carbocycles. The van der Waals surface area contributed by atoms with Crippen LogP contribution in [0.4, 0.5) is 10.5 Å². The molecule has 0 bridgehead atoms. The first-order valence-electron chi connectivity index (χ1n) is 8.26. The molecule has 0 fully saturated rings. The molecule has 1 heterocycles. The fourth-order valence-electron chi connectivity index (χ4n) is 2.98. The van der Waals surface area contributed by atoms with Gasteiger partial charge in [-0.2, -0.15) is 0 Å². The summed E-state index contributed by atoms with van der Waals surface area (Å²) in [6.07, 6.45) is 3.88. The number of fused-ring (bicyclic) bond motifs is 1. The lowest BCUT2D eigenvalue weighted by Crippen LogP contribution is -2.21. The Kier molecular flexibility index (Phi) is 4.42. The lowest BCUT2D eigenvalue weighted by atomic mass is 10.0. The van der Waals surface area contributed by atoms with Crippen molar-refractivity contribution < 1.29 is 4.79 Å². The van der Waals surface area contributed by atoms with E-state index in [1.165, 1.54) is 15.3 Å². The van der Waals surface area contributed by atoms with Gasteiger partial charge >= 0.3 is 6.03 Å². The minimum atomic E-state index is -0.250. The Morgan fingerprint density at radius 3 is 2.62 bits per heavy atom. The highest BCUT2D eigenvalue weighted by Gasteiger charge is 2.12. The topological polar surface area (TPSA) is 46.9 Å². The Hall–Kier alpha value is -3.11. The van der Waals surface area contributed by atoms with Crippen LogP contribution in [0.25, 0.3) is 10.8 Å². The Labute approximate surface area is 156 Å². The van der Waals surface area contributed by atoms with Gasteiger partial charge in [0.15, 0.2) is 0 Å². The molecule has 0 saturated heterocycles. The van der Waals surface area contributed by atoms with Crippen molar-refractivity contribution in [3.63, 3.8) is 0 Å². The molecule has 0 aliphatic heterocycles. The molecule has 1 aromatic heterocycles. The van der Waals surface area contributed by atoms with Gasteiger partial charge in [-0.1, -0.05) is 54.1 Å². The number of imidazole rings is 1. The minimum Gasteiger partial charge on any atom is -0.307 e.